The molecule has 0 spiro atoms. The van der Waals surface area contributed by atoms with Crippen molar-refractivity contribution < 1.29 is 4.74 Å². The minimum Gasteiger partial charge on any atom is -0.497 e. The molecule has 0 amide bonds. The van der Waals surface area contributed by atoms with Gasteiger partial charge < -0.3 is 9.64 Å². The van der Waals surface area contributed by atoms with Gasteiger partial charge in [-0.3, -0.25) is 0 Å². The fourth-order valence-electron chi connectivity index (χ4n) is 3.07. The van der Waals surface area contributed by atoms with Gasteiger partial charge in [0.05, 0.1) is 7.11 Å². The van der Waals surface area contributed by atoms with E-state index < -0.39 is 0 Å². The molecule has 2 aromatic rings. The first-order chi connectivity index (χ1) is 10.8. The molecule has 3 rings (SSSR count). The zero-order valence-corrected chi connectivity index (χ0v) is 14.1. The Balaban J connectivity index is 1.92. The largest absolute Gasteiger partial charge is 0.497 e. The third kappa shape index (κ3) is 2.90. The van der Waals surface area contributed by atoms with Crippen LogP contribution in [0.1, 0.15) is 11.1 Å². The normalized spacial score (nSPS) is 12.0. The first kappa shape index (κ1) is 15.5. The van der Waals surface area contributed by atoms with Crippen molar-refractivity contribution >= 4 is 28.9 Å². The number of halogens is 2. The van der Waals surface area contributed by atoms with E-state index in [1.807, 2.05) is 6.07 Å². The minimum absolute atomic E-state index is 0.603. The van der Waals surface area contributed by atoms with E-state index in [0.717, 1.165) is 25.3 Å². The van der Waals surface area contributed by atoms with Gasteiger partial charge in [0.15, 0.2) is 0 Å². The van der Waals surface area contributed by atoms with E-state index in [0.29, 0.717) is 11.8 Å². The van der Waals surface area contributed by atoms with E-state index in [1.54, 1.807) is 7.11 Å². The average molecular weight is 336 g/mol. The summed E-state index contributed by atoms with van der Waals surface area (Å²) >= 11 is 11.8. The van der Waals surface area contributed by atoms with Gasteiger partial charge in [-0.1, -0.05) is 12.1 Å². The minimum atomic E-state index is 0.603. The molecule has 0 aromatic heterocycles. The highest BCUT2D eigenvalue weighted by Gasteiger charge is 2.20. The van der Waals surface area contributed by atoms with Crippen molar-refractivity contribution in [2.24, 2.45) is 0 Å². The van der Waals surface area contributed by atoms with E-state index in [9.17, 15) is 0 Å². The fraction of sp³-hybridized carbons (Fsp3) is 0.333. The molecule has 0 N–H and O–H groups in total. The predicted octanol–water partition coefficient (Wildman–Crippen LogP) is 4.55. The Bertz CT molecular complexity index is 666. The number of hydrogen-bond donors (Lipinski definition) is 0. The first-order valence-electron chi connectivity index (χ1n) is 7.44. The number of nitrogens with zero attached hydrogens (tertiary/aromatic N) is 1. The Hall–Kier alpha value is -1.38. The number of rotatable bonds is 6. The monoisotopic (exact) mass is 335 g/mol. The number of ether oxygens (including phenoxy) is 1. The van der Waals surface area contributed by atoms with Crippen LogP contribution in [0.15, 0.2) is 36.4 Å². The topological polar surface area (TPSA) is 12.5 Å². The molecule has 0 unspecified atom stereocenters. The average Bonchev–Trinajstić information content (AvgIpc) is 2.91. The van der Waals surface area contributed by atoms with Gasteiger partial charge in [0.25, 0.3) is 0 Å². The SMILES string of the molecule is COc1ccc2c(c1)Cc1cc(N(CCCl)CCCl)ccc1-2. The lowest BCUT2D eigenvalue weighted by Gasteiger charge is -2.23. The van der Waals surface area contributed by atoms with Crippen LogP contribution in [0.4, 0.5) is 5.69 Å². The Morgan fingerprint density at radius 3 is 2.23 bits per heavy atom. The fourth-order valence-corrected chi connectivity index (χ4v) is 3.48. The van der Waals surface area contributed by atoms with Crippen molar-refractivity contribution in [1.29, 1.82) is 0 Å². The van der Waals surface area contributed by atoms with E-state index in [2.05, 4.69) is 35.2 Å². The smallest absolute Gasteiger partial charge is 0.119 e. The predicted molar refractivity (Wildman–Crippen MR) is 94.9 cm³/mol. The summed E-state index contributed by atoms with van der Waals surface area (Å²) in [6.07, 6.45) is 0.950. The summed E-state index contributed by atoms with van der Waals surface area (Å²) in [4.78, 5) is 2.24. The maximum atomic E-state index is 5.91. The highest BCUT2D eigenvalue weighted by molar-refractivity contribution is 6.18. The van der Waals surface area contributed by atoms with E-state index in [4.69, 9.17) is 27.9 Å². The van der Waals surface area contributed by atoms with Gasteiger partial charge in [-0.15, -0.1) is 23.2 Å². The molecule has 0 saturated carbocycles. The van der Waals surface area contributed by atoms with Gasteiger partial charge >= 0.3 is 0 Å². The van der Waals surface area contributed by atoms with Gasteiger partial charge in [0.2, 0.25) is 0 Å². The molecule has 0 saturated heterocycles. The van der Waals surface area contributed by atoms with Crippen molar-refractivity contribution in [2.45, 2.75) is 6.42 Å². The van der Waals surface area contributed by atoms with Crippen LogP contribution in [0, 0.1) is 0 Å². The number of benzene rings is 2. The number of fused-ring (bicyclic) bond motifs is 3. The highest BCUT2D eigenvalue weighted by atomic mass is 35.5. The van der Waals surface area contributed by atoms with Crippen molar-refractivity contribution in [3.05, 3.63) is 47.5 Å². The summed E-state index contributed by atoms with van der Waals surface area (Å²) in [7, 11) is 1.71. The van der Waals surface area contributed by atoms with Crippen LogP contribution in [0.25, 0.3) is 11.1 Å². The summed E-state index contributed by atoms with van der Waals surface area (Å²) in [5.74, 6) is 2.12. The molecular weight excluding hydrogens is 317 g/mol. The molecule has 2 nitrogen and oxygen atoms in total. The Morgan fingerprint density at radius 1 is 0.955 bits per heavy atom. The van der Waals surface area contributed by atoms with E-state index in [1.165, 1.54) is 27.9 Å². The van der Waals surface area contributed by atoms with Crippen LogP contribution in [0.3, 0.4) is 0 Å². The molecule has 4 heteroatoms. The zero-order valence-electron chi connectivity index (χ0n) is 12.6. The quantitative estimate of drug-likeness (QED) is 0.612. The van der Waals surface area contributed by atoms with Crippen LogP contribution >= 0.6 is 23.2 Å². The molecule has 116 valence electrons. The standard InChI is InChI=1S/C18H19Cl2NO/c1-22-16-3-5-18-14(12-16)10-13-11-15(2-4-17(13)18)21(8-6-19)9-7-20/h2-5,11-12H,6-10H2,1H3. The number of alkyl halides is 2. The lowest BCUT2D eigenvalue weighted by Crippen LogP contribution is -2.27. The second-order valence-electron chi connectivity index (χ2n) is 5.41. The van der Waals surface area contributed by atoms with Gasteiger partial charge in [-0.2, -0.15) is 0 Å². The Kier molecular flexibility index (Phi) is 4.80. The van der Waals surface area contributed by atoms with Crippen molar-refractivity contribution in [3.8, 4) is 16.9 Å². The van der Waals surface area contributed by atoms with Gasteiger partial charge in [-0.05, 0) is 52.9 Å². The molecule has 0 heterocycles. The van der Waals surface area contributed by atoms with Crippen LogP contribution < -0.4 is 9.64 Å². The number of hydrogen-bond acceptors (Lipinski definition) is 2. The molecule has 1 aliphatic carbocycles. The summed E-state index contributed by atoms with van der Waals surface area (Å²) in [6, 6.07) is 12.9. The maximum absolute atomic E-state index is 5.91. The van der Waals surface area contributed by atoms with Crippen molar-refractivity contribution in [1.82, 2.24) is 0 Å². The number of methoxy groups -OCH3 is 1. The molecule has 0 fully saturated rings. The van der Waals surface area contributed by atoms with Gasteiger partial charge in [0.1, 0.15) is 5.75 Å². The summed E-state index contributed by atoms with van der Waals surface area (Å²) in [6.45, 7) is 1.63. The molecule has 0 aliphatic heterocycles. The van der Waals surface area contributed by atoms with E-state index >= 15 is 0 Å². The molecular formula is C18H19Cl2NO. The first-order valence-corrected chi connectivity index (χ1v) is 8.51. The lowest BCUT2D eigenvalue weighted by molar-refractivity contribution is 0.414. The third-order valence-corrected chi connectivity index (χ3v) is 4.48. The molecule has 22 heavy (non-hydrogen) atoms. The molecule has 0 atom stereocenters. The zero-order chi connectivity index (χ0) is 15.5. The van der Waals surface area contributed by atoms with Crippen LogP contribution in [0.5, 0.6) is 5.75 Å². The molecule has 1 aliphatic rings. The van der Waals surface area contributed by atoms with Crippen molar-refractivity contribution in [3.63, 3.8) is 0 Å². The van der Waals surface area contributed by atoms with Crippen molar-refractivity contribution in [2.75, 3.05) is 36.9 Å². The van der Waals surface area contributed by atoms with Crippen LogP contribution in [-0.2, 0) is 6.42 Å². The van der Waals surface area contributed by atoms with Crippen LogP contribution in [0.2, 0.25) is 0 Å². The summed E-state index contributed by atoms with van der Waals surface area (Å²) < 4.78 is 5.33. The third-order valence-electron chi connectivity index (χ3n) is 4.15. The Labute approximate surface area is 141 Å². The Morgan fingerprint density at radius 2 is 1.59 bits per heavy atom. The summed E-state index contributed by atoms with van der Waals surface area (Å²) in [5.41, 5.74) is 6.50. The van der Waals surface area contributed by atoms with E-state index in [-0.39, 0.29) is 0 Å². The lowest BCUT2D eigenvalue weighted by atomic mass is 10.0. The van der Waals surface area contributed by atoms with Gasteiger partial charge in [0, 0.05) is 30.5 Å². The molecule has 0 bridgehead atoms. The maximum Gasteiger partial charge on any atom is 0.119 e. The van der Waals surface area contributed by atoms with Gasteiger partial charge in [-0.25, -0.2) is 0 Å². The van der Waals surface area contributed by atoms with Crippen LogP contribution in [-0.4, -0.2) is 32.0 Å². The molecule has 2 aromatic carbocycles. The highest BCUT2D eigenvalue weighted by Crippen LogP contribution is 2.39. The number of anilines is 1. The second-order valence-corrected chi connectivity index (χ2v) is 6.16. The molecule has 0 radical (unpaired) electrons. The summed E-state index contributed by atoms with van der Waals surface area (Å²) in [5, 5.41) is 0. The second kappa shape index (κ2) is 6.80.